The van der Waals surface area contributed by atoms with Crippen molar-refractivity contribution in [2.45, 2.75) is 20.0 Å². The quantitative estimate of drug-likeness (QED) is 0.580. The van der Waals surface area contributed by atoms with Gasteiger partial charge in [0.15, 0.2) is 0 Å². The molecule has 0 radical (unpaired) electrons. The molecule has 0 saturated heterocycles. The second-order valence-electron chi connectivity index (χ2n) is 5.23. The molecule has 0 N–H and O–H groups in total. The second-order valence-corrected chi connectivity index (χ2v) is 6.14. The first-order chi connectivity index (χ1) is 10.4. The lowest BCUT2D eigenvalue weighted by atomic mass is 10.1. The summed E-state index contributed by atoms with van der Waals surface area (Å²) < 4.78 is 14.6. The van der Waals surface area contributed by atoms with Gasteiger partial charge in [0.1, 0.15) is 5.82 Å². The summed E-state index contributed by atoms with van der Waals surface area (Å²) in [7, 11) is 1.86. The molecule has 0 fully saturated rings. The lowest BCUT2D eigenvalue weighted by Gasteiger charge is -2.18. The van der Waals surface area contributed by atoms with Crippen molar-refractivity contribution in [3.05, 3.63) is 73.5 Å². The van der Waals surface area contributed by atoms with Gasteiger partial charge in [0.05, 0.1) is 4.92 Å². The molecule has 116 valence electrons. The molecule has 22 heavy (non-hydrogen) atoms. The molecule has 0 bridgehead atoms. The first-order valence-corrected chi connectivity index (χ1v) is 7.53. The van der Waals surface area contributed by atoms with Gasteiger partial charge >= 0.3 is 0 Å². The van der Waals surface area contributed by atoms with E-state index < -0.39 is 0 Å². The minimum atomic E-state index is -0.382. The molecule has 0 aliphatic rings. The molecule has 0 aliphatic heterocycles. The number of nitrogens with zero attached hydrogens (tertiary/aromatic N) is 2. The van der Waals surface area contributed by atoms with Crippen molar-refractivity contribution in [2.24, 2.45) is 0 Å². The topological polar surface area (TPSA) is 46.4 Å². The summed E-state index contributed by atoms with van der Waals surface area (Å²) in [6.07, 6.45) is 0. The van der Waals surface area contributed by atoms with Crippen molar-refractivity contribution < 1.29 is 9.31 Å². The SMILES string of the molecule is Cc1c(CN(C)Cc2cc(Br)ccc2F)cccc1[N+](=O)[O-]. The van der Waals surface area contributed by atoms with Gasteiger partial charge in [0, 0.05) is 34.8 Å². The van der Waals surface area contributed by atoms with Gasteiger partial charge in [-0.15, -0.1) is 0 Å². The Labute approximate surface area is 136 Å². The Kier molecular flexibility index (Phi) is 5.26. The predicted molar refractivity (Wildman–Crippen MR) is 87.1 cm³/mol. The van der Waals surface area contributed by atoms with Crippen LogP contribution in [-0.4, -0.2) is 16.9 Å². The van der Waals surface area contributed by atoms with Crippen molar-refractivity contribution in [1.29, 1.82) is 0 Å². The molecule has 6 heteroatoms. The van der Waals surface area contributed by atoms with Gasteiger partial charge in [-0.2, -0.15) is 0 Å². The van der Waals surface area contributed by atoms with Gasteiger partial charge in [-0.1, -0.05) is 28.1 Å². The summed E-state index contributed by atoms with van der Waals surface area (Å²) >= 11 is 3.33. The normalized spacial score (nSPS) is 11.0. The predicted octanol–water partition coefficient (Wildman–Crippen LogP) is 4.44. The van der Waals surface area contributed by atoms with Crippen LogP contribution in [0.1, 0.15) is 16.7 Å². The van der Waals surface area contributed by atoms with Gasteiger partial charge in [-0.3, -0.25) is 15.0 Å². The van der Waals surface area contributed by atoms with Crippen molar-refractivity contribution >= 4 is 21.6 Å². The van der Waals surface area contributed by atoms with E-state index in [1.54, 1.807) is 25.1 Å². The zero-order valence-corrected chi connectivity index (χ0v) is 13.9. The Morgan fingerprint density at radius 3 is 2.59 bits per heavy atom. The molecule has 0 saturated carbocycles. The van der Waals surface area contributed by atoms with E-state index in [0.29, 0.717) is 24.2 Å². The van der Waals surface area contributed by atoms with Crippen LogP contribution in [0.25, 0.3) is 0 Å². The van der Waals surface area contributed by atoms with Crippen LogP contribution in [-0.2, 0) is 13.1 Å². The average molecular weight is 367 g/mol. The Morgan fingerprint density at radius 1 is 1.23 bits per heavy atom. The highest BCUT2D eigenvalue weighted by molar-refractivity contribution is 9.10. The van der Waals surface area contributed by atoms with Crippen molar-refractivity contribution in [2.75, 3.05) is 7.05 Å². The monoisotopic (exact) mass is 366 g/mol. The lowest BCUT2D eigenvalue weighted by molar-refractivity contribution is -0.385. The fourth-order valence-electron chi connectivity index (χ4n) is 2.34. The number of hydrogen-bond acceptors (Lipinski definition) is 3. The van der Waals surface area contributed by atoms with Crippen LogP contribution >= 0.6 is 15.9 Å². The minimum Gasteiger partial charge on any atom is -0.298 e. The van der Waals surface area contributed by atoms with Gasteiger partial charge in [0.2, 0.25) is 0 Å². The molecule has 4 nitrogen and oxygen atoms in total. The number of nitro groups is 1. The summed E-state index contributed by atoms with van der Waals surface area (Å²) in [4.78, 5) is 12.5. The third kappa shape index (κ3) is 3.90. The van der Waals surface area contributed by atoms with Crippen LogP contribution in [0.3, 0.4) is 0 Å². The van der Waals surface area contributed by atoms with E-state index >= 15 is 0 Å². The largest absolute Gasteiger partial charge is 0.298 e. The molecule has 0 unspecified atom stereocenters. The van der Waals surface area contributed by atoms with Gasteiger partial charge in [0.25, 0.3) is 5.69 Å². The van der Waals surface area contributed by atoms with Crippen molar-refractivity contribution in [3.63, 3.8) is 0 Å². The second kappa shape index (κ2) is 6.98. The zero-order chi connectivity index (χ0) is 16.3. The first-order valence-electron chi connectivity index (χ1n) is 6.74. The van der Waals surface area contributed by atoms with Crippen LogP contribution in [0.2, 0.25) is 0 Å². The molecule has 0 heterocycles. The molecular weight excluding hydrogens is 351 g/mol. The van der Waals surface area contributed by atoms with Crippen LogP contribution in [0.5, 0.6) is 0 Å². The maximum Gasteiger partial charge on any atom is 0.272 e. The smallest absolute Gasteiger partial charge is 0.272 e. The maximum atomic E-state index is 13.8. The third-order valence-electron chi connectivity index (χ3n) is 3.50. The highest BCUT2D eigenvalue weighted by Gasteiger charge is 2.15. The van der Waals surface area contributed by atoms with E-state index in [1.165, 1.54) is 12.1 Å². The van der Waals surface area contributed by atoms with Crippen molar-refractivity contribution in [3.8, 4) is 0 Å². The van der Waals surface area contributed by atoms with Crippen LogP contribution in [0.15, 0.2) is 40.9 Å². The van der Waals surface area contributed by atoms with E-state index in [4.69, 9.17) is 0 Å². The summed E-state index contributed by atoms with van der Waals surface area (Å²) in [6, 6.07) is 9.85. The summed E-state index contributed by atoms with van der Waals surface area (Å²) in [5.74, 6) is -0.259. The first kappa shape index (κ1) is 16.6. The van der Waals surface area contributed by atoms with E-state index in [2.05, 4.69) is 15.9 Å². The Hall–Kier alpha value is -1.79. The molecule has 0 spiro atoms. The standard InChI is InChI=1S/C16H16BrFN2O2/c1-11-12(4-3-5-16(11)20(21)22)9-19(2)10-13-8-14(17)6-7-15(13)18/h3-8H,9-10H2,1-2H3. The van der Waals surface area contributed by atoms with E-state index in [-0.39, 0.29) is 16.4 Å². The van der Waals surface area contributed by atoms with Crippen LogP contribution in [0, 0.1) is 22.9 Å². The molecule has 2 aromatic rings. The van der Waals surface area contributed by atoms with E-state index in [1.807, 2.05) is 18.0 Å². The third-order valence-corrected chi connectivity index (χ3v) is 4.00. The summed E-state index contributed by atoms with van der Waals surface area (Å²) in [5, 5.41) is 11.0. The highest BCUT2D eigenvalue weighted by Crippen LogP contribution is 2.23. The van der Waals surface area contributed by atoms with E-state index in [9.17, 15) is 14.5 Å². The Balaban J connectivity index is 2.16. The van der Waals surface area contributed by atoms with Crippen LogP contribution in [0.4, 0.5) is 10.1 Å². The zero-order valence-electron chi connectivity index (χ0n) is 12.3. The molecular formula is C16H16BrFN2O2. The number of nitro benzene ring substituents is 1. The molecule has 0 atom stereocenters. The van der Waals surface area contributed by atoms with Gasteiger partial charge in [-0.25, -0.2) is 4.39 Å². The molecule has 0 aliphatic carbocycles. The maximum absolute atomic E-state index is 13.8. The fourth-order valence-corrected chi connectivity index (χ4v) is 2.75. The molecule has 2 rings (SSSR count). The number of rotatable bonds is 5. The summed E-state index contributed by atoms with van der Waals surface area (Å²) in [6.45, 7) is 2.67. The van der Waals surface area contributed by atoms with Crippen LogP contribution < -0.4 is 0 Å². The Morgan fingerprint density at radius 2 is 1.91 bits per heavy atom. The average Bonchev–Trinajstić information content (AvgIpc) is 2.45. The molecule has 0 amide bonds. The van der Waals surface area contributed by atoms with Crippen molar-refractivity contribution in [1.82, 2.24) is 4.90 Å². The Bertz CT molecular complexity index is 707. The van der Waals surface area contributed by atoms with Gasteiger partial charge < -0.3 is 0 Å². The molecule has 0 aromatic heterocycles. The highest BCUT2D eigenvalue weighted by atomic mass is 79.9. The number of benzene rings is 2. The number of halogens is 2. The number of hydrogen-bond donors (Lipinski definition) is 0. The van der Waals surface area contributed by atoms with Gasteiger partial charge in [-0.05, 0) is 37.7 Å². The van der Waals surface area contributed by atoms with E-state index in [0.717, 1.165) is 10.0 Å². The lowest BCUT2D eigenvalue weighted by Crippen LogP contribution is -2.18. The minimum absolute atomic E-state index is 0.111. The molecule has 2 aromatic carbocycles. The fraction of sp³-hybridized carbons (Fsp3) is 0.250. The summed E-state index contributed by atoms with van der Waals surface area (Å²) in [5.41, 5.74) is 2.21.